The number of ether oxygens (including phenoxy) is 2. The number of aliphatic hydroxyl groups excluding tert-OH is 1. The van der Waals surface area contributed by atoms with Crippen molar-refractivity contribution >= 4 is 27.3 Å². The molecule has 8 nitrogen and oxygen atoms in total. The Morgan fingerprint density at radius 3 is 2.08 bits per heavy atom. The molecule has 10 heteroatoms. The van der Waals surface area contributed by atoms with Crippen LogP contribution in [0.25, 0.3) is 0 Å². The van der Waals surface area contributed by atoms with Crippen molar-refractivity contribution in [3.05, 3.63) is 166 Å². The number of anilines is 1. The Kier molecular flexibility index (Phi) is 10.6. The highest BCUT2D eigenvalue weighted by atomic mass is 35.5. The third-order valence-electron chi connectivity index (χ3n) is 9.94. The van der Waals surface area contributed by atoms with Crippen LogP contribution >= 0.6 is 11.6 Å². The number of piperidine rings is 1. The smallest absolute Gasteiger partial charge is 0.261 e. The summed E-state index contributed by atoms with van der Waals surface area (Å²) in [4.78, 5) is 2.51. The summed E-state index contributed by atoms with van der Waals surface area (Å²) < 4.78 is 42.8. The van der Waals surface area contributed by atoms with Crippen LogP contribution in [0, 0.1) is 0 Å². The Balaban J connectivity index is 1.20. The maximum Gasteiger partial charge on any atom is 0.261 e. The number of hydrogen-bond acceptors (Lipinski definition) is 7. The highest BCUT2D eigenvalue weighted by Gasteiger charge is 2.44. The SMILES string of the molecule is O=S(=O)(Nc1cccc(C2O[C@H](CN3CCC(O)(c4ccc(Cl)cc4)CC3)[C@@H](c3ccccc3)[C@H](c3ccc(CO)cc3)O2)c1)c1ccccc1. The first-order valence-electron chi connectivity index (χ1n) is 17.1. The summed E-state index contributed by atoms with van der Waals surface area (Å²) in [5.41, 5.74) is 3.80. The highest BCUT2D eigenvalue weighted by Crippen LogP contribution is 2.47. The number of aliphatic hydroxyl groups is 2. The molecule has 2 aliphatic rings. The molecule has 5 aromatic carbocycles. The average molecular weight is 725 g/mol. The number of nitrogens with one attached hydrogen (secondary N) is 1. The van der Waals surface area contributed by atoms with Gasteiger partial charge in [0.05, 0.1) is 29.3 Å². The molecule has 0 bridgehead atoms. The maximum atomic E-state index is 13.2. The second-order valence-electron chi connectivity index (χ2n) is 13.3. The monoisotopic (exact) mass is 724 g/mol. The van der Waals surface area contributed by atoms with Crippen LogP contribution in [-0.2, 0) is 31.7 Å². The van der Waals surface area contributed by atoms with Crippen LogP contribution in [0.15, 0.2) is 138 Å². The lowest BCUT2D eigenvalue weighted by Gasteiger charge is -2.46. The number of hydrogen-bond donors (Lipinski definition) is 3. The molecule has 0 radical (unpaired) electrons. The van der Waals surface area contributed by atoms with Crippen molar-refractivity contribution in [3.63, 3.8) is 0 Å². The van der Waals surface area contributed by atoms with Crippen molar-refractivity contribution < 1.29 is 28.1 Å². The predicted molar refractivity (Wildman–Crippen MR) is 198 cm³/mol. The lowest BCUT2D eigenvalue weighted by molar-refractivity contribution is -0.264. The summed E-state index contributed by atoms with van der Waals surface area (Å²) in [6, 6.07) is 40.8. The van der Waals surface area contributed by atoms with E-state index in [2.05, 4.69) is 21.8 Å². The van der Waals surface area contributed by atoms with Crippen LogP contribution in [0.5, 0.6) is 0 Å². The molecule has 2 aliphatic heterocycles. The molecule has 2 heterocycles. The summed E-state index contributed by atoms with van der Waals surface area (Å²) in [6.07, 6.45) is -0.446. The Morgan fingerprint density at radius 1 is 0.765 bits per heavy atom. The van der Waals surface area contributed by atoms with Crippen molar-refractivity contribution in [1.29, 1.82) is 0 Å². The first kappa shape index (κ1) is 35.3. The van der Waals surface area contributed by atoms with Crippen molar-refractivity contribution in [2.24, 2.45) is 0 Å². The fourth-order valence-corrected chi connectivity index (χ4v) is 8.33. The number of nitrogens with zero attached hydrogens (tertiary/aromatic N) is 1. The molecule has 51 heavy (non-hydrogen) atoms. The zero-order valence-electron chi connectivity index (χ0n) is 28.0. The Bertz CT molecular complexity index is 2010. The van der Waals surface area contributed by atoms with Gasteiger partial charge in [-0.05, 0) is 71.5 Å². The average Bonchev–Trinajstić information content (AvgIpc) is 3.16. The standard InChI is InChI=1S/C41H41ClN2O6S/c42-34-20-18-33(19-21-34)41(46)22-24-44(25-23-41)27-37-38(30-8-3-1-4-9-30)39(31-16-14-29(28-45)15-17-31)50-40(49-37)32-10-7-11-35(26-32)43-51(47,48)36-12-5-2-6-13-36/h1-21,26,37-40,43,45-46H,22-25,27-28H2/t37-,38-,39+,40?/m1/s1. The van der Waals surface area contributed by atoms with E-state index >= 15 is 0 Å². The van der Waals surface area contributed by atoms with Gasteiger partial charge in [0, 0.05) is 41.8 Å². The number of benzene rings is 5. The van der Waals surface area contributed by atoms with Crippen molar-refractivity contribution in [1.82, 2.24) is 4.90 Å². The number of likely N-dealkylation sites (tertiary alicyclic amines) is 1. The van der Waals surface area contributed by atoms with E-state index in [9.17, 15) is 18.6 Å². The van der Waals surface area contributed by atoms with Crippen LogP contribution in [-0.4, -0.2) is 49.3 Å². The molecule has 2 fully saturated rings. The minimum Gasteiger partial charge on any atom is -0.392 e. The third kappa shape index (κ3) is 8.05. The summed E-state index contributed by atoms with van der Waals surface area (Å²) in [7, 11) is -3.81. The van der Waals surface area contributed by atoms with Gasteiger partial charge in [0.1, 0.15) is 0 Å². The van der Waals surface area contributed by atoms with E-state index in [0.29, 0.717) is 48.7 Å². The van der Waals surface area contributed by atoms with Gasteiger partial charge in [-0.25, -0.2) is 8.42 Å². The summed E-state index contributed by atoms with van der Waals surface area (Å²) in [5, 5.41) is 22.0. The Hall–Kier alpha value is -4.06. The van der Waals surface area contributed by atoms with E-state index < -0.39 is 28.0 Å². The van der Waals surface area contributed by atoms with Crippen LogP contribution < -0.4 is 4.72 Å². The molecule has 4 atom stereocenters. The van der Waals surface area contributed by atoms with Gasteiger partial charge in [-0.3, -0.25) is 4.72 Å². The number of halogens is 1. The minimum atomic E-state index is -3.81. The van der Waals surface area contributed by atoms with Gasteiger partial charge in [-0.15, -0.1) is 0 Å². The lowest BCUT2D eigenvalue weighted by atomic mass is 9.81. The van der Waals surface area contributed by atoms with Crippen LogP contribution in [0.3, 0.4) is 0 Å². The highest BCUT2D eigenvalue weighted by molar-refractivity contribution is 7.92. The zero-order chi connectivity index (χ0) is 35.4. The molecule has 2 saturated heterocycles. The fraction of sp³-hybridized carbons (Fsp3) is 0.268. The van der Waals surface area contributed by atoms with E-state index in [1.54, 1.807) is 48.5 Å². The second kappa shape index (κ2) is 15.3. The van der Waals surface area contributed by atoms with E-state index in [0.717, 1.165) is 22.3 Å². The Labute approximate surface area is 304 Å². The second-order valence-corrected chi connectivity index (χ2v) is 15.4. The largest absolute Gasteiger partial charge is 0.392 e. The topological polar surface area (TPSA) is 108 Å². The minimum absolute atomic E-state index is 0.0642. The number of sulfonamides is 1. The molecule has 0 aliphatic carbocycles. The molecule has 3 N–H and O–H groups in total. The van der Waals surface area contributed by atoms with E-state index in [1.807, 2.05) is 72.8 Å². The van der Waals surface area contributed by atoms with Crippen molar-refractivity contribution in [3.8, 4) is 0 Å². The van der Waals surface area contributed by atoms with Gasteiger partial charge in [0.2, 0.25) is 0 Å². The zero-order valence-corrected chi connectivity index (χ0v) is 29.6. The van der Waals surface area contributed by atoms with Gasteiger partial charge in [0.25, 0.3) is 10.0 Å². The Morgan fingerprint density at radius 2 is 1.41 bits per heavy atom. The van der Waals surface area contributed by atoms with Crippen molar-refractivity contribution in [2.45, 2.75) is 54.4 Å². The maximum absolute atomic E-state index is 13.2. The molecule has 0 spiro atoms. The van der Waals surface area contributed by atoms with Crippen molar-refractivity contribution in [2.75, 3.05) is 24.4 Å². The summed E-state index contributed by atoms with van der Waals surface area (Å²) in [5.74, 6) is -0.195. The van der Waals surface area contributed by atoms with E-state index in [-0.39, 0.29) is 23.5 Å². The normalized spacial score (nSPS) is 22.3. The van der Waals surface area contributed by atoms with Crippen LogP contribution in [0.1, 0.15) is 59.0 Å². The molecule has 5 aromatic rings. The third-order valence-corrected chi connectivity index (χ3v) is 11.6. The fourth-order valence-electron chi connectivity index (χ4n) is 7.14. The molecule has 1 unspecified atom stereocenters. The van der Waals surface area contributed by atoms with Gasteiger partial charge in [-0.2, -0.15) is 0 Å². The molecular weight excluding hydrogens is 684 g/mol. The van der Waals surface area contributed by atoms with Gasteiger partial charge >= 0.3 is 0 Å². The van der Waals surface area contributed by atoms with E-state index in [4.69, 9.17) is 21.1 Å². The first-order valence-corrected chi connectivity index (χ1v) is 19.0. The first-order chi connectivity index (χ1) is 24.7. The number of rotatable bonds is 10. The van der Waals surface area contributed by atoms with Gasteiger partial charge in [0.15, 0.2) is 6.29 Å². The molecule has 0 aromatic heterocycles. The summed E-state index contributed by atoms with van der Waals surface area (Å²) >= 11 is 6.13. The molecule has 0 amide bonds. The molecule has 0 saturated carbocycles. The van der Waals surface area contributed by atoms with E-state index in [1.165, 1.54) is 0 Å². The lowest BCUT2D eigenvalue weighted by Crippen LogP contribution is -2.49. The predicted octanol–water partition coefficient (Wildman–Crippen LogP) is 7.56. The molecule has 264 valence electrons. The van der Waals surface area contributed by atoms with Gasteiger partial charge in [-0.1, -0.05) is 109 Å². The van der Waals surface area contributed by atoms with Gasteiger partial charge < -0.3 is 24.6 Å². The quantitative estimate of drug-likeness (QED) is 0.137. The van der Waals surface area contributed by atoms with Crippen LogP contribution in [0.4, 0.5) is 5.69 Å². The summed E-state index contributed by atoms with van der Waals surface area (Å²) in [6.45, 7) is 1.85. The molecule has 7 rings (SSSR count). The van der Waals surface area contributed by atoms with Crippen LogP contribution in [0.2, 0.25) is 5.02 Å². The molecular formula is C41H41ClN2O6S.